The lowest BCUT2D eigenvalue weighted by molar-refractivity contribution is -0.384. The van der Waals surface area contributed by atoms with Crippen molar-refractivity contribution in [3.05, 3.63) is 68.7 Å². The summed E-state index contributed by atoms with van der Waals surface area (Å²) in [6, 6.07) is 11.9. The number of hydrogen-bond donors (Lipinski definition) is 1. The molecule has 0 saturated heterocycles. The molecule has 2 aromatic rings. The van der Waals surface area contributed by atoms with E-state index in [-0.39, 0.29) is 22.6 Å². The Morgan fingerprint density at radius 1 is 1.33 bits per heavy atom. The molecule has 1 atom stereocenters. The van der Waals surface area contributed by atoms with Crippen molar-refractivity contribution in [3.8, 4) is 0 Å². The summed E-state index contributed by atoms with van der Waals surface area (Å²) in [6.07, 6.45) is 0. The van der Waals surface area contributed by atoms with E-state index in [4.69, 9.17) is 11.6 Å². The number of carbonyl (C=O) groups is 1. The van der Waals surface area contributed by atoms with E-state index in [0.29, 0.717) is 10.7 Å². The first-order valence-corrected chi connectivity index (χ1v) is 8.71. The zero-order valence-corrected chi connectivity index (χ0v) is 14.9. The van der Waals surface area contributed by atoms with Crippen LogP contribution in [0, 0.1) is 17.0 Å². The molecule has 0 heterocycles. The van der Waals surface area contributed by atoms with E-state index in [9.17, 15) is 14.9 Å². The summed E-state index contributed by atoms with van der Waals surface area (Å²) >= 11 is 7.50. The molecule has 0 saturated carbocycles. The van der Waals surface area contributed by atoms with Crippen molar-refractivity contribution in [2.75, 3.05) is 11.1 Å². The van der Waals surface area contributed by atoms with E-state index in [0.717, 1.165) is 11.1 Å². The van der Waals surface area contributed by atoms with Gasteiger partial charge < -0.3 is 5.32 Å². The van der Waals surface area contributed by atoms with Gasteiger partial charge in [-0.15, -0.1) is 11.8 Å². The lowest BCUT2D eigenvalue weighted by Crippen LogP contribution is -2.15. The average Bonchev–Trinajstić information content (AvgIpc) is 2.55. The second-order valence-electron chi connectivity index (χ2n) is 5.34. The van der Waals surface area contributed by atoms with E-state index in [1.807, 2.05) is 26.0 Å². The Morgan fingerprint density at radius 3 is 2.75 bits per heavy atom. The molecule has 126 valence electrons. The van der Waals surface area contributed by atoms with Crippen molar-refractivity contribution in [2.45, 2.75) is 19.1 Å². The lowest BCUT2D eigenvalue weighted by atomic mass is 10.1. The van der Waals surface area contributed by atoms with Crippen LogP contribution in [0.2, 0.25) is 5.02 Å². The van der Waals surface area contributed by atoms with Crippen LogP contribution in [0.3, 0.4) is 0 Å². The van der Waals surface area contributed by atoms with E-state index in [2.05, 4.69) is 5.32 Å². The lowest BCUT2D eigenvalue weighted by Gasteiger charge is -2.12. The summed E-state index contributed by atoms with van der Waals surface area (Å²) in [4.78, 5) is 22.5. The molecule has 0 spiro atoms. The third kappa shape index (κ3) is 4.97. The zero-order chi connectivity index (χ0) is 17.7. The van der Waals surface area contributed by atoms with E-state index in [1.54, 1.807) is 18.2 Å². The number of anilines is 1. The van der Waals surface area contributed by atoms with Gasteiger partial charge in [-0.05, 0) is 37.1 Å². The average molecular weight is 365 g/mol. The summed E-state index contributed by atoms with van der Waals surface area (Å²) in [5, 5.41) is 14.1. The topological polar surface area (TPSA) is 72.2 Å². The Bertz CT molecular complexity index is 767. The standard InChI is InChI=1S/C17H17ClN2O3S/c1-11-6-7-16(15(18)8-11)19-17(21)10-24-12(2)13-4-3-5-14(9-13)20(22)23/h3-9,12H,10H2,1-2H3,(H,19,21)/t12-/m0/s1. The predicted molar refractivity (Wildman–Crippen MR) is 98.8 cm³/mol. The minimum atomic E-state index is -0.424. The Hall–Kier alpha value is -2.05. The van der Waals surface area contributed by atoms with Gasteiger partial charge in [0.1, 0.15) is 0 Å². The van der Waals surface area contributed by atoms with Crippen molar-refractivity contribution in [3.63, 3.8) is 0 Å². The van der Waals surface area contributed by atoms with Gasteiger partial charge in [0.15, 0.2) is 0 Å². The number of amides is 1. The summed E-state index contributed by atoms with van der Waals surface area (Å²) in [5.41, 5.74) is 2.47. The van der Waals surface area contributed by atoms with Gasteiger partial charge in [-0.3, -0.25) is 14.9 Å². The van der Waals surface area contributed by atoms with Crippen LogP contribution in [0.25, 0.3) is 0 Å². The first-order chi connectivity index (χ1) is 11.4. The number of nitro benzene ring substituents is 1. The largest absolute Gasteiger partial charge is 0.324 e. The number of halogens is 1. The Morgan fingerprint density at radius 2 is 2.08 bits per heavy atom. The highest BCUT2D eigenvalue weighted by Gasteiger charge is 2.13. The second kappa shape index (κ2) is 8.17. The fraction of sp³-hybridized carbons (Fsp3) is 0.235. The highest BCUT2D eigenvalue weighted by Crippen LogP contribution is 2.30. The number of carbonyl (C=O) groups excluding carboxylic acids is 1. The first-order valence-electron chi connectivity index (χ1n) is 7.29. The van der Waals surface area contributed by atoms with Gasteiger partial charge in [-0.25, -0.2) is 0 Å². The molecule has 0 aliphatic rings. The van der Waals surface area contributed by atoms with Crippen LogP contribution in [0.4, 0.5) is 11.4 Å². The van der Waals surface area contributed by atoms with Crippen LogP contribution in [-0.4, -0.2) is 16.6 Å². The maximum absolute atomic E-state index is 12.1. The summed E-state index contributed by atoms with van der Waals surface area (Å²) in [6.45, 7) is 3.84. The molecule has 1 N–H and O–H groups in total. The van der Waals surface area contributed by atoms with Crippen LogP contribution in [-0.2, 0) is 4.79 Å². The summed E-state index contributed by atoms with van der Waals surface area (Å²) in [5.74, 6) is 0.0664. The summed E-state index contributed by atoms with van der Waals surface area (Å²) in [7, 11) is 0. The van der Waals surface area contributed by atoms with Crippen molar-refractivity contribution < 1.29 is 9.72 Å². The van der Waals surface area contributed by atoms with Gasteiger partial charge in [0.25, 0.3) is 5.69 Å². The van der Waals surface area contributed by atoms with Crippen molar-refractivity contribution >= 4 is 40.6 Å². The van der Waals surface area contributed by atoms with Crippen LogP contribution in [0.5, 0.6) is 0 Å². The van der Waals surface area contributed by atoms with Crippen LogP contribution >= 0.6 is 23.4 Å². The van der Waals surface area contributed by atoms with Crippen molar-refractivity contribution in [1.82, 2.24) is 0 Å². The number of thioether (sulfide) groups is 1. The van der Waals surface area contributed by atoms with Crippen LogP contribution in [0.1, 0.15) is 23.3 Å². The Kier molecular flexibility index (Phi) is 6.23. The molecule has 0 aliphatic heterocycles. The molecule has 0 aromatic heterocycles. The molecular weight excluding hydrogens is 348 g/mol. The quantitative estimate of drug-likeness (QED) is 0.579. The minimum Gasteiger partial charge on any atom is -0.324 e. The molecule has 0 bridgehead atoms. The molecular formula is C17H17ClN2O3S. The Labute approximate surface area is 149 Å². The number of benzene rings is 2. The number of nitrogens with one attached hydrogen (secondary N) is 1. The molecule has 0 unspecified atom stereocenters. The monoisotopic (exact) mass is 364 g/mol. The fourth-order valence-corrected chi connectivity index (χ4v) is 3.19. The van der Waals surface area contributed by atoms with E-state index < -0.39 is 4.92 Å². The summed E-state index contributed by atoms with van der Waals surface area (Å²) < 4.78 is 0. The molecule has 0 radical (unpaired) electrons. The molecule has 2 aromatic carbocycles. The first kappa shape index (κ1) is 18.3. The maximum atomic E-state index is 12.1. The molecule has 2 rings (SSSR count). The molecule has 24 heavy (non-hydrogen) atoms. The number of rotatable bonds is 6. The normalized spacial score (nSPS) is 11.8. The predicted octanol–water partition coefficient (Wildman–Crippen LogP) is 4.99. The SMILES string of the molecule is Cc1ccc(NC(=O)CS[C@@H](C)c2cccc([N+](=O)[O-])c2)c(Cl)c1. The number of non-ortho nitro benzene ring substituents is 1. The van der Waals surface area contributed by atoms with Gasteiger partial charge in [-0.1, -0.05) is 29.8 Å². The molecule has 5 nitrogen and oxygen atoms in total. The third-order valence-electron chi connectivity index (χ3n) is 3.41. The van der Waals surface area contributed by atoms with Gasteiger partial charge in [0, 0.05) is 17.4 Å². The van der Waals surface area contributed by atoms with Crippen LogP contribution in [0.15, 0.2) is 42.5 Å². The van der Waals surface area contributed by atoms with E-state index >= 15 is 0 Å². The molecule has 1 amide bonds. The fourth-order valence-electron chi connectivity index (χ4n) is 2.10. The van der Waals surface area contributed by atoms with Gasteiger partial charge >= 0.3 is 0 Å². The molecule has 0 aliphatic carbocycles. The van der Waals surface area contributed by atoms with Gasteiger partial charge in [0.05, 0.1) is 21.4 Å². The van der Waals surface area contributed by atoms with Crippen LogP contribution < -0.4 is 5.32 Å². The third-order valence-corrected chi connectivity index (χ3v) is 4.93. The highest BCUT2D eigenvalue weighted by atomic mass is 35.5. The Balaban J connectivity index is 1.93. The molecule has 0 fully saturated rings. The number of nitro groups is 1. The van der Waals surface area contributed by atoms with Crippen molar-refractivity contribution in [2.24, 2.45) is 0 Å². The minimum absolute atomic E-state index is 0.0378. The number of nitrogens with zero attached hydrogens (tertiary/aromatic N) is 1. The highest BCUT2D eigenvalue weighted by molar-refractivity contribution is 8.00. The zero-order valence-electron chi connectivity index (χ0n) is 13.3. The van der Waals surface area contributed by atoms with Crippen molar-refractivity contribution in [1.29, 1.82) is 0 Å². The maximum Gasteiger partial charge on any atom is 0.269 e. The van der Waals surface area contributed by atoms with Gasteiger partial charge in [0.2, 0.25) is 5.91 Å². The second-order valence-corrected chi connectivity index (χ2v) is 7.07. The number of hydrogen-bond acceptors (Lipinski definition) is 4. The van der Waals surface area contributed by atoms with E-state index in [1.165, 1.54) is 23.9 Å². The van der Waals surface area contributed by atoms with Gasteiger partial charge in [-0.2, -0.15) is 0 Å². The molecule has 7 heteroatoms. The number of aryl methyl sites for hydroxylation is 1. The smallest absolute Gasteiger partial charge is 0.269 e.